The number of alkyl halides is 3. The number of phenolic OH excluding ortho intramolecular Hbond substituents is 1. The van der Waals surface area contributed by atoms with Crippen molar-refractivity contribution in [2.45, 2.75) is 11.1 Å². The highest BCUT2D eigenvalue weighted by Gasteiger charge is 2.43. The molecule has 3 nitrogen and oxygen atoms in total. The molecule has 0 atom stereocenters. The number of ether oxygens (including phenoxy) is 1. The Morgan fingerprint density at radius 2 is 1.79 bits per heavy atom. The lowest BCUT2D eigenvalue weighted by Gasteiger charge is -2.10. The van der Waals surface area contributed by atoms with E-state index in [0.717, 1.165) is 7.11 Å². The van der Waals surface area contributed by atoms with Crippen LogP contribution in [0.1, 0.15) is 0 Å². The molecule has 0 saturated carbocycles. The monoisotopic (exact) mass is 296 g/mol. The van der Waals surface area contributed by atoms with Crippen LogP contribution in [0.4, 0.5) is 17.6 Å². The minimum absolute atomic E-state index is 0.0981. The van der Waals surface area contributed by atoms with Gasteiger partial charge in [-0.25, -0.2) is 4.79 Å². The molecular weight excluding hydrogens is 288 g/mol. The number of carbonyl (C=O) groups excluding carboxylic acids is 1. The molecule has 1 N–H and O–H groups in total. The van der Waals surface area contributed by atoms with Crippen LogP contribution in [-0.2, 0) is 9.53 Å². The maximum absolute atomic E-state index is 13.5. The lowest BCUT2D eigenvalue weighted by molar-refractivity contribution is -0.148. The van der Waals surface area contributed by atoms with Gasteiger partial charge in [-0.2, -0.15) is 17.6 Å². The summed E-state index contributed by atoms with van der Waals surface area (Å²) < 4.78 is 55.0. The smallest absolute Gasteiger partial charge is 0.426 e. The molecule has 0 aromatic heterocycles. The molecular formula is C11H8F4O3S. The first-order valence-corrected chi connectivity index (χ1v) is 5.59. The van der Waals surface area contributed by atoms with E-state index in [2.05, 4.69) is 4.74 Å². The Morgan fingerprint density at radius 1 is 1.26 bits per heavy atom. The third kappa shape index (κ3) is 4.16. The highest BCUT2D eigenvalue weighted by molar-refractivity contribution is 8.03. The van der Waals surface area contributed by atoms with Crippen LogP contribution in [0.2, 0.25) is 0 Å². The summed E-state index contributed by atoms with van der Waals surface area (Å²) in [6.45, 7) is 0. The number of hydrogen-bond donors (Lipinski definition) is 1. The number of phenols is 1. The first kappa shape index (κ1) is 15.4. The van der Waals surface area contributed by atoms with Crippen LogP contribution in [-0.4, -0.2) is 24.4 Å². The predicted molar refractivity (Wildman–Crippen MR) is 60.2 cm³/mol. The third-order valence-electron chi connectivity index (χ3n) is 1.91. The summed E-state index contributed by atoms with van der Waals surface area (Å²) in [6.07, 6.45) is -5.15. The van der Waals surface area contributed by atoms with Gasteiger partial charge in [-0.1, -0.05) is 11.8 Å². The lowest BCUT2D eigenvalue weighted by atomic mass is 10.3. The van der Waals surface area contributed by atoms with E-state index in [-0.39, 0.29) is 22.4 Å². The van der Waals surface area contributed by atoms with E-state index >= 15 is 0 Å². The fraction of sp³-hybridized carbons (Fsp3) is 0.182. The number of halogens is 4. The summed E-state index contributed by atoms with van der Waals surface area (Å²) >= 11 is 0.112. The average molecular weight is 296 g/mol. The van der Waals surface area contributed by atoms with Crippen molar-refractivity contribution in [3.63, 3.8) is 0 Å². The Kier molecular flexibility index (Phi) is 4.82. The van der Waals surface area contributed by atoms with Gasteiger partial charge in [-0.05, 0) is 24.3 Å². The van der Waals surface area contributed by atoms with E-state index in [4.69, 9.17) is 5.11 Å². The van der Waals surface area contributed by atoms with Gasteiger partial charge in [0.05, 0.1) is 7.11 Å². The molecule has 0 amide bonds. The zero-order valence-electron chi connectivity index (χ0n) is 9.49. The van der Waals surface area contributed by atoms with Gasteiger partial charge in [0, 0.05) is 4.90 Å². The molecule has 1 aromatic carbocycles. The van der Waals surface area contributed by atoms with Crippen LogP contribution in [0.3, 0.4) is 0 Å². The highest BCUT2D eigenvalue weighted by atomic mass is 32.2. The Labute approximate surface area is 109 Å². The Balaban J connectivity index is 3.09. The summed E-state index contributed by atoms with van der Waals surface area (Å²) in [6, 6.07) is 4.79. The second-order valence-electron chi connectivity index (χ2n) is 3.23. The van der Waals surface area contributed by atoms with Crippen LogP contribution in [0.15, 0.2) is 39.9 Å². The van der Waals surface area contributed by atoms with Crippen molar-refractivity contribution in [2.24, 2.45) is 0 Å². The zero-order valence-corrected chi connectivity index (χ0v) is 10.3. The van der Waals surface area contributed by atoms with E-state index < -0.39 is 22.9 Å². The van der Waals surface area contributed by atoms with Gasteiger partial charge in [0.1, 0.15) is 5.75 Å². The molecule has 0 aliphatic rings. The molecule has 8 heteroatoms. The molecule has 0 aliphatic heterocycles. The first-order chi connectivity index (χ1) is 8.75. The van der Waals surface area contributed by atoms with Crippen molar-refractivity contribution in [3.05, 3.63) is 35.0 Å². The highest BCUT2D eigenvalue weighted by Crippen LogP contribution is 2.38. The van der Waals surface area contributed by atoms with Crippen LogP contribution in [0.25, 0.3) is 0 Å². The normalized spacial score (nSPS) is 12.9. The van der Waals surface area contributed by atoms with E-state index in [0.29, 0.717) is 0 Å². The third-order valence-corrected chi connectivity index (χ3v) is 2.80. The van der Waals surface area contributed by atoms with Crippen molar-refractivity contribution in [3.8, 4) is 5.75 Å². The van der Waals surface area contributed by atoms with Gasteiger partial charge in [-0.3, -0.25) is 0 Å². The molecule has 19 heavy (non-hydrogen) atoms. The van der Waals surface area contributed by atoms with Crippen molar-refractivity contribution in [1.82, 2.24) is 0 Å². The molecule has 1 aromatic rings. The molecule has 0 unspecified atom stereocenters. The quantitative estimate of drug-likeness (QED) is 0.402. The standard InChI is InChI=1S/C11H8F4O3S/c1-18-10(17)8(11(13,14)15)9(12)19-7-4-2-6(16)3-5-7/h2-5,16H,1H3/b9-8+. The maximum atomic E-state index is 13.5. The zero-order chi connectivity index (χ0) is 14.6. The second-order valence-corrected chi connectivity index (χ2v) is 4.27. The largest absolute Gasteiger partial charge is 0.508 e. The molecule has 104 valence electrons. The molecule has 1 rings (SSSR count). The second kappa shape index (κ2) is 5.96. The maximum Gasteiger partial charge on any atom is 0.426 e. The number of benzene rings is 1. The Hall–Kier alpha value is -1.70. The van der Waals surface area contributed by atoms with E-state index in [9.17, 15) is 22.4 Å². The minimum Gasteiger partial charge on any atom is -0.508 e. The molecule has 0 saturated heterocycles. The summed E-state index contributed by atoms with van der Waals surface area (Å²) in [7, 11) is 0.729. The molecule has 0 fully saturated rings. The predicted octanol–water partition coefficient (Wildman–Crippen LogP) is 3.40. The number of hydrogen-bond acceptors (Lipinski definition) is 4. The van der Waals surface area contributed by atoms with Crippen molar-refractivity contribution in [1.29, 1.82) is 0 Å². The van der Waals surface area contributed by atoms with Gasteiger partial charge in [-0.15, -0.1) is 0 Å². The Bertz CT molecular complexity index is 494. The van der Waals surface area contributed by atoms with E-state index in [1.165, 1.54) is 24.3 Å². The van der Waals surface area contributed by atoms with Crippen LogP contribution < -0.4 is 0 Å². The number of esters is 1. The van der Waals surface area contributed by atoms with Gasteiger partial charge in [0.15, 0.2) is 10.7 Å². The summed E-state index contributed by atoms with van der Waals surface area (Å²) in [4.78, 5) is 11.0. The molecule has 0 spiro atoms. The van der Waals surface area contributed by atoms with Gasteiger partial charge >= 0.3 is 12.1 Å². The Morgan fingerprint density at radius 3 is 2.21 bits per heavy atom. The topological polar surface area (TPSA) is 46.5 Å². The van der Waals surface area contributed by atoms with Crippen LogP contribution >= 0.6 is 11.8 Å². The van der Waals surface area contributed by atoms with E-state index in [1.54, 1.807) is 0 Å². The van der Waals surface area contributed by atoms with Crippen LogP contribution in [0, 0.1) is 0 Å². The molecule has 0 radical (unpaired) electrons. The van der Waals surface area contributed by atoms with E-state index in [1.807, 2.05) is 0 Å². The fourth-order valence-corrected chi connectivity index (χ4v) is 1.86. The number of thioether (sulfide) groups is 1. The summed E-state index contributed by atoms with van der Waals surface area (Å²) in [5.74, 6) is -1.91. The number of methoxy groups -OCH3 is 1. The molecule has 0 aliphatic carbocycles. The lowest BCUT2D eigenvalue weighted by Crippen LogP contribution is -2.22. The molecule has 0 bridgehead atoms. The van der Waals surface area contributed by atoms with Crippen LogP contribution in [0.5, 0.6) is 5.75 Å². The van der Waals surface area contributed by atoms with Crippen molar-refractivity contribution >= 4 is 17.7 Å². The number of rotatable bonds is 3. The minimum atomic E-state index is -5.15. The number of carbonyl (C=O) groups is 1. The SMILES string of the molecule is COC(=O)/C(=C(/F)Sc1ccc(O)cc1)C(F)(F)F. The van der Waals surface area contributed by atoms with Crippen molar-refractivity contribution < 1.29 is 32.2 Å². The van der Waals surface area contributed by atoms with Gasteiger partial charge in [0.25, 0.3) is 0 Å². The van der Waals surface area contributed by atoms with Crippen molar-refractivity contribution in [2.75, 3.05) is 7.11 Å². The van der Waals surface area contributed by atoms with Gasteiger partial charge in [0.2, 0.25) is 0 Å². The fourth-order valence-electron chi connectivity index (χ4n) is 1.08. The summed E-state index contributed by atoms with van der Waals surface area (Å²) in [5.41, 5.74) is -1.99. The summed E-state index contributed by atoms with van der Waals surface area (Å²) in [5, 5.41) is 7.27. The first-order valence-electron chi connectivity index (χ1n) is 4.78. The average Bonchev–Trinajstić information content (AvgIpc) is 2.30. The van der Waals surface area contributed by atoms with Gasteiger partial charge < -0.3 is 9.84 Å². The number of aromatic hydroxyl groups is 1. The molecule has 0 heterocycles.